The van der Waals surface area contributed by atoms with Crippen LogP contribution < -0.4 is 10.0 Å². The molecule has 2 aliphatic heterocycles. The van der Waals surface area contributed by atoms with Gasteiger partial charge in [0.05, 0.1) is 6.67 Å². The van der Waals surface area contributed by atoms with Gasteiger partial charge in [-0.2, -0.15) is 0 Å². The molecule has 0 atom stereocenters. The number of likely N-dealkylation sites (tertiary alicyclic amines) is 1. The van der Waals surface area contributed by atoms with Crippen molar-refractivity contribution >= 4 is 30.5 Å². The molecule has 0 unspecified atom stereocenters. The van der Waals surface area contributed by atoms with E-state index >= 15 is 0 Å². The molecule has 2 heterocycles. The van der Waals surface area contributed by atoms with Crippen molar-refractivity contribution < 1.29 is 14.3 Å². The maximum absolute atomic E-state index is 13.8. The SMILES string of the molecule is Cc1ccc(CN2CN(c3ccccc3)C3(CCN(C(=O)OC(C)(C)C)CC3)C2=O)cc1.NS. The molecule has 0 aliphatic carbocycles. The molecule has 34 heavy (non-hydrogen) atoms. The third-order valence-corrected chi connectivity index (χ3v) is 6.32. The zero-order valence-corrected chi connectivity index (χ0v) is 21.4. The van der Waals surface area contributed by atoms with Crippen molar-refractivity contribution in [2.45, 2.75) is 58.2 Å². The number of piperidine rings is 1. The summed E-state index contributed by atoms with van der Waals surface area (Å²) in [6.45, 7) is 9.81. The van der Waals surface area contributed by atoms with Crippen LogP contribution >= 0.6 is 12.8 Å². The summed E-state index contributed by atoms with van der Waals surface area (Å²) in [6.07, 6.45) is 0.870. The van der Waals surface area contributed by atoms with Crippen LogP contribution in [0.15, 0.2) is 54.6 Å². The number of benzene rings is 2. The number of nitrogens with two attached hydrogens (primary N) is 1. The number of amides is 2. The van der Waals surface area contributed by atoms with Gasteiger partial charge in [0.1, 0.15) is 11.1 Å². The minimum atomic E-state index is -0.634. The molecule has 4 rings (SSSR count). The largest absolute Gasteiger partial charge is 0.444 e. The van der Waals surface area contributed by atoms with E-state index in [9.17, 15) is 9.59 Å². The minimum absolute atomic E-state index is 0.144. The third-order valence-electron chi connectivity index (χ3n) is 6.32. The van der Waals surface area contributed by atoms with Gasteiger partial charge in [0.15, 0.2) is 0 Å². The van der Waals surface area contributed by atoms with E-state index in [1.807, 2.05) is 43.9 Å². The number of hydrogen-bond acceptors (Lipinski definition) is 6. The predicted molar refractivity (Wildman–Crippen MR) is 138 cm³/mol. The van der Waals surface area contributed by atoms with Crippen LogP contribution in [-0.4, -0.2) is 52.7 Å². The summed E-state index contributed by atoms with van der Waals surface area (Å²) in [5, 5.41) is 4.19. The maximum Gasteiger partial charge on any atom is 0.410 e. The van der Waals surface area contributed by atoms with E-state index < -0.39 is 11.1 Å². The number of thiol groups is 1. The molecule has 2 aromatic rings. The average Bonchev–Trinajstić information content (AvgIpc) is 3.08. The highest BCUT2D eigenvalue weighted by atomic mass is 32.1. The number of nitrogens with zero attached hydrogens (tertiary/aromatic N) is 3. The molecule has 2 N–H and O–H groups in total. The lowest BCUT2D eigenvalue weighted by Gasteiger charge is -2.43. The number of carbonyl (C=O) groups is 2. The van der Waals surface area contributed by atoms with Crippen LogP contribution in [0.3, 0.4) is 0 Å². The molecule has 0 bridgehead atoms. The van der Waals surface area contributed by atoms with E-state index in [0.29, 0.717) is 39.1 Å². The Kier molecular flexibility index (Phi) is 8.15. The molecular weight excluding hydrogens is 448 g/mol. The molecule has 2 aliphatic rings. The Morgan fingerprint density at radius 1 is 1.03 bits per heavy atom. The zero-order chi connectivity index (χ0) is 24.9. The first-order chi connectivity index (χ1) is 16.2. The monoisotopic (exact) mass is 484 g/mol. The Morgan fingerprint density at radius 3 is 2.18 bits per heavy atom. The molecular formula is C26H36N4O3S. The van der Waals surface area contributed by atoms with E-state index in [2.05, 4.69) is 66.2 Å². The van der Waals surface area contributed by atoms with Gasteiger partial charge in [-0.05, 0) is 58.2 Å². The van der Waals surface area contributed by atoms with Crippen LogP contribution in [0, 0.1) is 6.92 Å². The summed E-state index contributed by atoms with van der Waals surface area (Å²) in [7, 11) is 0. The summed E-state index contributed by atoms with van der Waals surface area (Å²) in [5.41, 5.74) is 2.21. The lowest BCUT2D eigenvalue weighted by atomic mass is 9.85. The number of para-hydroxylation sites is 1. The van der Waals surface area contributed by atoms with E-state index in [1.165, 1.54) is 5.56 Å². The smallest absolute Gasteiger partial charge is 0.410 e. The standard InChI is InChI=1S/C26H33N3O3.H3NS/c1-20-10-12-21(13-11-20)18-28-19-29(22-8-6-5-7-9-22)26(23(28)30)14-16-27(17-15-26)24(31)32-25(2,3)4;1-2/h5-13H,14-19H2,1-4H3;2H,1H2. The summed E-state index contributed by atoms with van der Waals surface area (Å²) in [5.74, 6) is 0.144. The van der Waals surface area contributed by atoms with Crippen molar-refractivity contribution in [2.75, 3.05) is 24.7 Å². The second-order valence-electron chi connectivity index (χ2n) is 9.89. The first kappa shape index (κ1) is 25.9. The number of rotatable bonds is 3. The van der Waals surface area contributed by atoms with Crippen LogP contribution in [0.5, 0.6) is 0 Å². The van der Waals surface area contributed by atoms with Gasteiger partial charge in [-0.1, -0.05) is 48.0 Å². The second kappa shape index (κ2) is 10.7. The van der Waals surface area contributed by atoms with Crippen LogP contribution in [0.25, 0.3) is 0 Å². The van der Waals surface area contributed by atoms with E-state index in [4.69, 9.17) is 4.74 Å². The average molecular weight is 485 g/mol. The van der Waals surface area contributed by atoms with Crippen molar-refractivity contribution in [1.82, 2.24) is 9.80 Å². The molecule has 7 nitrogen and oxygen atoms in total. The molecule has 0 aromatic heterocycles. The van der Waals surface area contributed by atoms with E-state index in [1.54, 1.807) is 4.90 Å². The zero-order valence-electron chi connectivity index (χ0n) is 20.5. The first-order valence-electron chi connectivity index (χ1n) is 11.6. The molecule has 2 amide bonds. The molecule has 0 saturated carbocycles. The molecule has 2 saturated heterocycles. The van der Waals surface area contributed by atoms with Gasteiger partial charge in [0, 0.05) is 25.3 Å². The summed E-state index contributed by atoms with van der Waals surface area (Å²) in [4.78, 5) is 32.3. The second-order valence-corrected chi connectivity index (χ2v) is 9.89. The highest BCUT2D eigenvalue weighted by Gasteiger charge is 2.54. The quantitative estimate of drug-likeness (QED) is 0.633. The van der Waals surface area contributed by atoms with Crippen LogP contribution in [-0.2, 0) is 16.1 Å². The van der Waals surface area contributed by atoms with Crippen molar-refractivity contribution in [2.24, 2.45) is 5.14 Å². The van der Waals surface area contributed by atoms with E-state index in [0.717, 1.165) is 11.3 Å². The lowest BCUT2D eigenvalue weighted by molar-refractivity contribution is -0.134. The van der Waals surface area contributed by atoms with Gasteiger partial charge in [-0.25, -0.2) is 4.79 Å². The Morgan fingerprint density at radius 2 is 1.62 bits per heavy atom. The fourth-order valence-corrected chi connectivity index (χ4v) is 4.62. The number of hydrogen-bond donors (Lipinski definition) is 2. The number of aryl methyl sites for hydroxylation is 1. The van der Waals surface area contributed by atoms with Crippen LogP contribution in [0.1, 0.15) is 44.7 Å². The molecule has 8 heteroatoms. The highest BCUT2D eigenvalue weighted by molar-refractivity contribution is 7.77. The van der Waals surface area contributed by atoms with Crippen molar-refractivity contribution in [3.63, 3.8) is 0 Å². The van der Waals surface area contributed by atoms with Crippen LogP contribution in [0.2, 0.25) is 0 Å². The molecule has 1 spiro atoms. The fraction of sp³-hybridized carbons (Fsp3) is 0.462. The highest BCUT2D eigenvalue weighted by Crippen LogP contribution is 2.40. The van der Waals surface area contributed by atoms with Gasteiger partial charge < -0.3 is 19.4 Å². The minimum Gasteiger partial charge on any atom is -0.444 e. The van der Waals surface area contributed by atoms with Crippen molar-refractivity contribution in [3.05, 3.63) is 65.7 Å². The van der Waals surface area contributed by atoms with Gasteiger partial charge in [0.25, 0.3) is 0 Å². The lowest BCUT2D eigenvalue weighted by Crippen LogP contribution is -2.57. The Labute approximate surface area is 208 Å². The topological polar surface area (TPSA) is 79.1 Å². The number of anilines is 1. The van der Waals surface area contributed by atoms with Crippen LogP contribution in [0.4, 0.5) is 10.5 Å². The first-order valence-corrected chi connectivity index (χ1v) is 12.1. The van der Waals surface area contributed by atoms with Gasteiger partial charge in [-0.15, -0.1) is 12.8 Å². The number of ether oxygens (including phenoxy) is 1. The van der Waals surface area contributed by atoms with E-state index in [-0.39, 0.29) is 12.0 Å². The molecule has 2 fully saturated rings. The van der Waals surface area contributed by atoms with Gasteiger partial charge >= 0.3 is 6.09 Å². The molecule has 0 radical (unpaired) electrons. The Balaban J connectivity index is 0.00000158. The third kappa shape index (κ3) is 5.67. The Bertz CT molecular complexity index is 968. The molecule has 2 aromatic carbocycles. The summed E-state index contributed by atoms with van der Waals surface area (Å²) in [6, 6.07) is 18.5. The van der Waals surface area contributed by atoms with Gasteiger partial charge in [0.2, 0.25) is 5.91 Å². The normalized spacial score (nSPS) is 17.5. The maximum atomic E-state index is 13.8. The van der Waals surface area contributed by atoms with Gasteiger partial charge in [-0.3, -0.25) is 9.93 Å². The van der Waals surface area contributed by atoms with Crippen molar-refractivity contribution in [1.29, 1.82) is 0 Å². The van der Waals surface area contributed by atoms with Crippen molar-refractivity contribution in [3.8, 4) is 0 Å². The predicted octanol–water partition coefficient (Wildman–Crippen LogP) is 4.36. The number of carbonyl (C=O) groups excluding carboxylic acids is 2. The fourth-order valence-electron chi connectivity index (χ4n) is 4.62. The molecule has 184 valence electrons. The Hall–Kier alpha value is -2.71. The summed E-state index contributed by atoms with van der Waals surface area (Å²) < 4.78 is 5.55. The summed E-state index contributed by atoms with van der Waals surface area (Å²) >= 11 is 3.03.